The summed E-state index contributed by atoms with van der Waals surface area (Å²) in [6.07, 6.45) is 6.60. The largest absolute Gasteiger partial charge is 0.456 e. The predicted octanol–water partition coefficient (Wildman–Crippen LogP) is -0.0720. The van der Waals surface area contributed by atoms with Gasteiger partial charge in [0.2, 0.25) is 0 Å². The molecule has 0 spiro atoms. The van der Waals surface area contributed by atoms with Crippen molar-refractivity contribution in [3.05, 3.63) is 12.2 Å². The molecule has 0 aliphatic rings. The van der Waals surface area contributed by atoms with Gasteiger partial charge in [0.05, 0.1) is 0 Å². The molecule has 0 saturated carbocycles. The van der Waals surface area contributed by atoms with Crippen molar-refractivity contribution in [2.45, 2.75) is 24.9 Å². The quantitative estimate of drug-likeness (QED) is 0.297. The molecule has 4 N–H and O–H groups in total. The lowest BCUT2D eigenvalue weighted by molar-refractivity contribution is -0.148. The van der Waals surface area contributed by atoms with Crippen molar-refractivity contribution < 1.29 is 28.7 Å². The van der Waals surface area contributed by atoms with Crippen LogP contribution in [0.2, 0.25) is 0 Å². The van der Waals surface area contributed by atoms with Gasteiger partial charge in [0.25, 0.3) is 0 Å². The molecular weight excluding hydrogens is 380 g/mol. The summed E-state index contributed by atoms with van der Waals surface area (Å²) in [4.78, 5) is 46.2. The Balaban J connectivity index is 4.10. The van der Waals surface area contributed by atoms with Gasteiger partial charge in [0.1, 0.15) is 12.1 Å². The van der Waals surface area contributed by atoms with Gasteiger partial charge < -0.3 is 20.9 Å². The van der Waals surface area contributed by atoms with E-state index in [1.807, 2.05) is 12.5 Å². The summed E-state index contributed by atoms with van der Waals surface area (Å²) < 4.78 is 9.55. The molecular formula is C16H26N2O6S2. The number of nitrogens with two attached hydrogens (primary N) is 2. The molecule has 0 heterocycles. The van der Waals surface area contributed by atoms with Crippen LogP contribution in [-0.2, 0) is 28.7 Å². The smallest absolute Gasteiger partial charge is 0.323 e. The Kier molecular flexibility index (Phi) is 14.0. The highest BCUT2D eigenvalue weighted by Crippen LogP contribution is 2.01. The summed E-state index contributed by atoms with van der Waals surface area (Å²) in [6, 6.07) is -1.56. The van der Waals surface area contributed by atoms with Gasteiger partial charge in [-0.2, -0.15) is 23.5 Å². The molecule has 0 radical (unpaired) electrons. The summed E-state index contributed by atoms with van der Waals surface area (Å²) in [7, 11) is 0. The van der Waals surface area contributed by atoms with Crippen LogP contribution in [0.5, 0.6) is 0 Å². The molecule has 0 saturated heterocycles. The van der Waals surface area contributed by atoms with Gasteiger partial charge in [0, 0.05) is 0 Å². The summed E-state index contributed by atoms with van der Waals surface area (Å²) in [6.45, 7) is -1.01. The molecule has 0 aromatic carbocycles. The molecule has 10 heteroatoms. The number of carbonyl (C=O) groups is 4. The zero-order chi connectivity index (χ0) is 19.9. The van der Waals surface area contributed by atoms with Crippen molar-refractivity contribution >= 4 is 47.0 Å². The molecule has 0 aliphatic heterocycles. The van der Waals surface area contributed by atoms with E-state index in [1.54, 1.807) is 23.5 Å². The Morgan fingerprint density at radius 1 is 0.808 bits per heavy atom. The first-order chi connectivity index (χ1) is 12.3. The van der Waals surface area contributed by atoms with Crippen molar-refractivity contribution in [3.8, 4) is 0 Å². The molecule has 148 valence electrons. The number of ketones is 2. The second-order valence-electron chi connectivity index (χ2n) is 5.26. The van der Waals surface area contributed by atoms with Gasteiger partial charge in [-0.15, -0.1) is 0 Å². The molecule has 2 unspecified atom stereocenters. The van der Waals surface area contributed by atoms with E-state index < -0.39 is 48.8 Å². The summed E-state index contributed by atoms with van der Waals surface area (Å²) in [5, 5.41) is 0. The monoisotopic (exact) mass is 406 g/mol. The van der Waals surface area contributed by atoms with Crippen LogP contribution in [-0.4, -0.2) is 72.8 Å². The van der Waals surface area contributed by atoms with Crippen molar-refractivity contribution in [2.75, 3.05) is 37.2 Å². The van der Waals surface area contributed by atoms with Crippen LogP contribution in [0.15, 0.2) is 12.2 Å². The van der Waals surface area contributed by atoms with E-state index in [1.165, 1.54) is 0 Å². The minimum Gasteiger partial charge on any atom is -0.456 e. The van der Waals surface area contributed by atoms with E-state index in [2.05, 4.69) is 0 Å². The second-order valence-corrected chi connectivity index (χ2v) is 7.23. The topological polar surface area (TPSA) is 139 Å². The fourth-order valence-corrected chi connectivity index (χ4v) is 2.49. The van der Waals surface area contributed by atoms with E-state index in [-0.39, 0.29) is 0 Å². The molecule has 0 aliphatic carbocycles. The number of rotatable bonds is 14. The Bertz CT molecular complexity index is 469. The molecule has 0 amide bonds. The number of ether oxygens (including phenoxy) is 2. The number of hydrogen-bond donors (Lipinski definition) is 2. The van der Waals surface area contributed by atoms with Crippen molar-refractivity contribution in [3.63, 3.8) is 0 Å². The Labute approximate surface area is 161 Å². The maximum Gasteiger partial charge on any atom is 0.323 e. The van der Waals surface area contributed by atoms with Gasteiger partial charge in [-0.3, -0.25) is 19.2 Å². The van der Waals surface area contributed by atoms with E-state index in [9.17, 15) is 19.2 Å². The van der Waals surface area contributed by atoms with Crippen molar-refractivity contribution in [1.29, 1.82) is 0 Å². The highest BCUT2D eigenvalue weighted by molar-refractivity contribution is 7.98. The lowest BCUT2D eigenvalue weighted by Crippen LogP contribution is -2.34. The van der Waals surface area contributed by atoms with E-state index in [0.29, 0.717) is 24.3 Å². The molecule has 0 aromatic rings. The highest BCUT2D eigenvalue weighted by atomic mass is 32.2. The summed E-state index contributed by atoms with van der Waals surface area (Å²) in [5.41, 5.74) is 11.2. The van der Waals surface area contributed by atoms with Crippen molar-refractivity contribution in [2.24, 2.45) is 11.5 Å². The third-order valence-corrected chi connectivity index (χ3v) is 4.33. The zero-order valence-corrected chi connectivity index (χ0v) is 16.6. The highest BCUT2D eigenvalue weighted by Gasteiger charge is 2.16. The second kappa shape index (κ2) is 14.8. The third kappa shape index (κ3) is 12.1. The number of thioether (sulfide) groups is 2. The fraction of sp³-hybridized carbons (Fsp3) is 0.625. The Morgan fingerprint density at radius 3 is 1.46 bits per heavy atom. The first-order valence-electron chi connectivity index (χ1n) is 7.87. The lowest BCUT2D eigenvalue weighted by Gasteiger charge is -2.09. The van der Waals surface area contributed by atoms with E-state index in [4.69, 9.17) is 20.9 Å². The third-order valence-electron chi connectivity index (χ3n) is 3.04. The SMILES string of the molecule is CSCCC(N)C(=O)OCC(=O)/C=C\C(=O)COC(=O)C(N)CCSC. The molecule has 8 nitrogen and oxygen atoms in total. The van der Waals surface area contributed by atoms with Gasteiger partial charge in [-0.25, -0.2) is 0 Å². The van der Waals surface area contributed by atoms with Crippen LogP contribution in [0, 0.1) is 0 Å². The molecule has 2 atom stereocenters. The average molecular weight is 407 g/mol. The fourth-order valence-electron chi connectivity index (χ4n) is 1.51. The van der Waals surface area contributed by atoms with Crippen LogP contribution < -0.4 is 11.5 Å². The van der Waals surface area contributed by atoms with Crippen LogP contribution in [0.25, 0.3) is 0 Å². The average Bonchev–Trinajstić information content (AvgIpc) is 2.64. The molecule has 26 heavy (non-hydrogen) atoms. The minimum absolute atomic E-state index is 0.451. The molecule has 0 aromatic heterocycles. The first-order valence-corrected chi connectivity index (χ1v) is 10.7. The van der Waals surface area contributed by atoms with Gasteiger partial charge in [0.15, 0.2) is 24.8 Å². The standard InChI is InChI=1S/C16H26N2O6S2/c1-25-7-5-13(17)15(21)23-9-11(19)3-4-12(20)10-24-16(22)14(18)6-8-26-2/h3-4,13-14H,5-10,17-18H2,1-2H3/b4-3-. The molecule has 0 bridgehead atoms. The van der Waals surface area contributed by atoms with Crippen LogP contribution in [0.4, 0.5) is 0 Å². The lowest BCUT2D eigenvalue weighted by atomic mass is 10.2. The Morgan fingerprint density at radius 2 is 1.15 bits per heavy atom. The summed E-state index contributed by atoms with van der Waals surface area (Å²) in [5.74, 6) is -1.07. The predicted molar refractivity (Wildman–Crippen MR) is 103 cm³/mol. The first kappa shape index (κ1) is 24.6. The van der Waals surface area contributed by atoms with Crippen molar-refractivity contribution in [1.82, 2.24) is 0 Å². The Hall–Kier alpha value is -1.36. The van der Waals surface area contributed by atoms with Gasteiger partial charge in [-0.1, -0.05) is 0 Å². The zero-order valence-electron chi connectivity index (χ0n) is 15.0. The maximum absolute atomic E-state index is 11.6. The van der Waals surface area contributed by atoms with Crippen LogP contribution >= 0.6 is 23.5 Å². The van der Waals surface area contributed by atoms with E-state index in [0.717, 1.165) is 12.2 Å². The molecule has 0 fully saturated rings. The summed E-state index contributed by atoms with van der Waals surface area (Å²) >= 11 is 3.09. The normalized spacial score (nSPS) is 13.2. The van der Waals surface area contributed by atoms with Crippen LogP contribution in [0.3, 0.4) is 0 Å². The minimum atomic E-state index is -0.782. The van der Waals surface area contributed by atoms with Gasteiger partial charge >= 0.3 is 11.9 Å². The van der Waals surface area contributed by atoms with E-state index >= 15 is 0 Å². The number of carbonyl (C=O) groups excluding carboxylic acids is 4. The number of hydrogen-bond acceptors (Lipinski definition) is 10. The maximum atomic E-state index is 11.6. The van der Waals surface area contributed by atoms with Crippen LogP contribution in [0.1, 0.15) is 12.8 Å². The molecule has 0 rings (SSSR count). The van der Waals surface area contributed by atoms with Gasteiger partial charge in [-0.05, 0) is 49.0 Å². The number of esters is 2.